The van der Waals surface area contributed by atoms with Crippen LogP contribution in [0.5, 0.6) is 5.75 Å². The molecule has 1 aliphatic rings. The molecule has 0 N–H and O–H groups in total. The second kappa shape index (κ2) is 9.77. The minimum absolute atomic E-state index is 0.0264. The molecule has 0 saturated carbocycles. The Balaban J connectivity index is 1.55. The first-order valence-electron chi connectivity index (χ1n) is 9.89. The SMILES string of the molecule is CCN1C(=O)/C(=C/c2cn(CCCOc3ccccc3Cl)c3ccc(Br)cc23)SC1=S. The molecule has 2 aromatic carbocycles. The summed E-state index contributed by atoms with van der Waals surface area (Å²) in [6.07, 6.45) is 4.86. The van der Waals surface area contributed by atoms with Crippen LogP contribution in [0.15, 0.2) is 58.0 Å². The van der Waals surface area contributed by atoms with Gasteiger partial charge >= 0.3 is 0 Å². The zero-order valence-electron chi connectivity index (χ0n) is 16.8. The van der Waals surface area contributed by atoms with Gasteiger partial charge in [-0.2, -0.15) is 0 Å². The van der Waals surface area contributed by atoms with Crippen LogP contribution in [0.4, 0.5) is 0 Å². The third-order valence-corrected chi connectivity index (χ3v) is 7.17. The number of aryl methyl sites for hydroxylation is 1. The second-order valence-corrected chi connectivity index (χ2v) is 10.00. The van der Waals surface area contributed by atoms with Gasteiger partial charge in [0.25, 0.3) is 5.91 Å². The van der Waals surface area contributed by atoms with Crippen LogP contribution in [0.1, 0.15) is 18.9 Å². The third-order valence-electron chi connectivity index (χ3n) is 4.99. The molecule has 1 aromatic heterocycles. The van der Waals surface area contributed by atoms with Gasteiger partial charge in [0.2, 0.25) is 0 Å². The Bertz CT molecular complexity index is 1190. The number of hydrogen-bond acceptors (Lipinski definition) is 4. The molecular weight excluding hydrogens is 516 g/mol. The maximum Gasteiger partial charge on any atom is 0.266 e. The number of para-hydroxylation sites is 1. The van der Waals surface area contributed by atoms with Gasteiger partial charge in [-0.25, -0.2) is 0 Å². The first-order valence-corrected chi connectivity index (χ1v) is 12.3. The summed E-state index contributed by atoms with van der Waals surface area (Å²) < 4.78 is 9.63. The van der Waals surface area contributed by atoms with E-state index in [0.717, 1.165) is 33.9 Å². The topological polar surface area (TPSA) is 34.5 Å². The van der Waals surface area contributed by atoms with Crippen molar-refractivity contribution in [3.05, 3.63) is 68.6 Å². The summed E-state index contributed by atoms with van der Waals surface area (Å²) in [6, 6.07) is 13.7. The molecule has 0 atom stereocenters. The fourth-order valence-corrected chi connectivity index (χ4v) is 5.42. The molecule has 1 fully saturated rings. The van der Waals surface area contributed by atoms with Crippen LogP contribution in [-0.2, 0) is 11.3 Å². The highest BCUT2D eigenvalue weighted by Crippen LogP contribution is 2.35. The Labute approximate surface area is 204 Å². The van der Waals surface area contributed by atoms with Gasteiger partial charge in [-0.3, -0.25) is 9.69 Å². The van der Waals surface area contributed by atoms with Crippen LogP contribution in [-0.4, -0.2) is 32.8 Å². The van der Waals surface area contributed by atoms with E-state index in [0.29, 0.717) is 33.1 Å². The fourth-order valence-electron chi connectivity index (χ4n) is 3.49. The lowest BCUT2D eigenvalue weighted by Crippen LogP contribution is -2.27. The zero-order valence-corrected chi connectivity index (χ0v) is 20.8. The fraction of sp³-hybridized carbons (Fsp3) is 0.217. The predicted molar refractivity (Wildman–Crippen MR) is 137 cm³/mol. The minimum Gasteiger partial charge on any atom is -0.492 e. The van der Waals surface area contributed by atoms with E-state index in [4.69, 9.17) is 28.6 Å². The van der Waals surface area contributed by atoms with Crippen molar-refractivity contribution in [1.29, 1.82) is 0 Å². The molecule has 0 spiro atoms. The van der Waals surface area contributed by atoms with Crippen molar-refractivity contribution in [1.82, 2.24) is 9.47 Å². The molecule has 4 rings (SSSR count). The van der Waals surface area contributed by atoms with Crippen molar-refractivity contribution in [2.45, 2.75) is 19.9 Å². The largest absolute Gasteiger partial charge is 0.492 e. The van der Waals surface area contributed by atoms with E-state index in [2.05, 4.69) is 38.8 Å². The zero-order chi connectivity index (χ0) is 22.0. The van der Waals surface area contributed by atoms with Gasteiger partial charge in [0, 0.05) is 40.2 Å². The van der Waals surface area contributed by atoms with Gasteiger partial charge in [0.05, 0.1) is 16.5 Å². The highest BCUT2D eigenvalue weighted by atomic mass is 79.9. The first-order chi connectivity index (χ1) is 15.0. The molecule has 0 bridgehead atoms. The number of likely N-dealkylation sites (N-methyl/N-ethyl adjacent to an activating group) is 1. The van der Waals surface area contributed by atoms with Crippen LogP contribution < -0.4 is 4.74 Å². The Morgan fingerprint density at radius 1 is 1.26 bits per heavy atom. The van der Waals surface area contributed by atoms with Gasteiger partial charge in [-0.15, -0.1) is 0 Å². The minimum atomic E-state index is -0.0264. The van der Waals surface area contributed by atoms with Crippen molar-refractivity contribution >= 4 is 78.7 Å². The molecule has 0 unspecified atom stereocenters. The van der Waals surface area contributed by atoms with Crippen LogP contribution in [0, 0.1) is 0 Å². The first kappa shape index (κ1) is 22.4. The lowest BCUT2D eigenvalue weighted by molar-refractivity contribution is -0.121. The molecule has 1 saturated heterocycles. The molecule has 4 nitrogen and oxygen atoms in total. The third kappa shape index (κ3) is 4.85. The Morgan fingerprint density at radius 2 is 2.06 bits per heavy atom. The molecule has 1 aliphatic heterocycles. The number of benzene rings is 2. The van der Waals surface area contributed by atoms with Crippen LogP contribution in [0.2, 0.25) is 5.02 Å². The number of carbonyl (C=O) groups excluding carboxylic acids is 1. The van der Waals surface area contributed by atoms with Gasteiger partial charge in [0.15, 0.2) is 0 Å². The number of carbonyl (C=O) groups is 1. The summed E-state index contributed by atoms with van der Waals surface area (Å²) in [5.41, 5.74) is 2.11. The predicted octanol–water partition coefficient (Wildman–Crippen LogP) is 6.75. The van der Waals surface area contributed by atoms with E-state index in [9.17, 15) is 4.79 Å². The van der Waals surface area contributed by atoms with E-state index in [1.54, 1.807) is 4.90 Å². The highest BCUT2D eigenvalue weighted by Gasteiger charge is 2.30. The maximum absolute atomic E-state index is 12.6. The maximum atomic E-state index is 12.6. The molecule has 2 heterocycles. The number of ether oxygens (including phenoxy) is 1. The number of rotatable bonds is 7. The molecule has 1 amide bonds. The van der Waals surface area contributed by atoms with Crippen molar-refractivity contribution in [3.63, 3.8) is 0 Å². The molecule has 8 heteroatoms. The number of aromatic nitrogens is 1. The monoisotopic (exact) mass is 534 g/mol. The van der Waals surface area contributed by atoms with E-state index < -0.39 is 0 Å². The summed E-state index contributed by atoms with van der Waals surface area (Å²) >= 11 is 16.4. The van der Waals surface area contributed by atoms with Crippen LogP contribution in [0.25, 0.3) is 17.0 Å². The normalized spacial score (nSPS) is 15.5. The molecule has 31 heavy (non-hydrogen) atoms. The Morgan fingerprint density at radius 3 is 2.81 bits per heavy atom. The number of fused-ring (bicyclic) bond motifs is 1. The second-order valence-electron chi connectivity index (χ2n) is 7.00. The number of thiocarbonyl (C=S) groups is 1. The number of thioether (sulfide) groups is 1. The van der Waals surface area contributed by atoms with Gasteiger partial charge in [-0.05, 0) is 49.8 Å². The number of nitrogens with zero attached hydrogens (tertiary/aromatic N) is 2. The van der Waals surface area contributed by atoms with Gasteiger partial charge < -0.3 is 9.30 Å². The number of hydrogen-bond donors (Lipinski definition) is 0. The Hall–Kier alpha value is -1.80. The average molecular weight is 536 g/mol. The number of halogens is 2. The average Bonchev–Trinajstić information content (AvgIpc) is 3.22. The molecular formula is C23H20BrClN2O2S2. The summed E-state index contributed by atoms with van der Waals surface area (Å²) in [7, 11) is 0. The summed E-state index contributed by atoms with van der Waals surface area (Å²) in [4.78, 5) is 14.9. The standard InChI is InChI=1S/C23H20BrClN2O2S2/c1-2-27-22(28)21(31-23(27)30)12-15-14-26(19-9-8-16(24)13-17(15)19)10-5-11-29-20-7-4-3-6-18(20)25/h3-4,6-9,12-14H,2,5,10-11H2,1H3/b21-12-. The lowest BCUT2D eigenvalue weighted by atomic mass is 10.1. The molecule has 3 aromatic rings. The highest BCUT2D eigenvalue weighted by molar-refractivity contribution is 9.10. The van der Waals surface area contributed by atoms with E-state index in [1.165, 1.54) is 11.8 Å². The van der Waals surface area contributed by atoms with Crippen molar-refractivity contribution in [2.75, 3.05) is 13.2 Å². The van der Waals surface area contributed by atoms with Crippen molar-refractivity contribution in [3.8, 4) is 5.75 Å². The van der Waals surface area contributed by atoms with Gasteiger partial charge in [-0.1, -0.05) is 63.6 Å². The number of amides is 1. The van der Waals surface area contributed by atoms with Crippen LogP contribution >= 0.6 is 51.5 Å². The molecule has 160 valence electrons. The van der Waals surface area contributed by atoms with Crippen LogP contribution in [0.3, 0.4) is 0 Å². The summed E-state index contributed by atoms with van der Waals surface area (Å²) in [6.45, 7) is 3.86. The van der Waals surface area contributed by atoms with E-state index >= 15 is 0 Å². The quantitative estimate of drug-likeness (QED) is 0.190. The summed E-state index contributed by atoms with van der Waals surface area (Å²) in [5, 5.41) is 1.70. The lowest BCUT2D eigenvalue weighted by Gasteiger charge is -2.09. The van der Waals surface area contributed by atoms with Gasteiger partial charge in [0.1, 0.15) is 10.1 Å². The van der Waals surface area contributed by atoms with E-state index in [-0.39, 0.29) is 5.91 Å². The molecule has 0 radical (unpaired) electrons. The van der Waals surface area contributed by atoms with Crippen molar-refractivity contribution < 1.29 is 9.53 Å². The molecule has 0 aliphatic carbocycles. The van der Waals surface area contributed by atoms with E-state index in [1.807, 2.05) is 43.3 Å². The van der Waals surface area contributed by atoms with Crippen molar-refractivity contribution in [2.24, 2.45) is 0 Å². The Kier molecular flexibility index (Phi) is 7.06. The smallest absolute Gasteiger partial charge is 0.266 e. The summed E-state index contributed by atoms with van der Waals surface area (Å²) in [5.74, 6) is 0.672.